The number of carbonyl (C=O) groups excluding carboxylic acids is 1. The van der Waals surface area contributed by atoms with E-state index in [1.54, 1.807) is 0 Å². The summed E-state index contributed by atoms with van der Waals surface area (Å²) in [7, 11) is 1.39. The predicted octanol–water partition coefficient (Wildman–Crippen LogP) is 6.62. The van der Waals surface area contributed by atoms with Gasteiger partial charge in [-0.25, -0.2) is 4.79 Å². The van der Waals surface area contributed by atoms with Crippen molar-refractivity contribution in [2.45, 2.75) is 0 Å². The van der Waals surface area contributed by atoms with Crippen molar-refractivity contribution < 1.29 is 9.53 Å². The number of hydrogen-bond acceptors (Lipinski definition) is 2. The van der Waals surface area contributed by atoms with Crippen LogP contribution in [0.4, 0.5) is 0 Å². The van der Waals surface area contributed by atoms with Gasteiger partial charge in [-0.1, -0.05) is 31.9 Å². The fraction of sp³-hybridized carbons (Fsp3) is 0.0455. The lowest BCUT2D eigenvalue weighted by Gasteiger charge is -2.07. The third-order valence-electron chi connectivity index (χ3n) is 5.12. The molecule has 5 nitrogen and oxygen atoms in total. The highest BCUT2D eigenvalue weighted by Gasteiger charge is 2.24. The molecule has 0 saturated heterocycles. The lowest BCUT2D eigenvalue weighted by atomic mass is 9.96. The maximum atomic E-state index is 12.5. The summed E-state index contributed by atoms with van der Waals surface area (Å²) in [6, 6.07) is 12.1. The van der Waals surface area contributed by atoms with Crippen molar-refractivity contribution in [1.29, 1.82) is 0 Å². The SMILES string of the molecule is COC(=O)c1[nH]cc(-c2c[nH]c3ccc(Br)cc23)c1-c1c[nH]c2ccc(Br)cc12. The Morgan fingerprint density at radius 2 is 1.34 bits per heavy atom. The monoisotopic (exact) mass is 511 g/mol. The third-order valence-corrected chi connectivity index (χ3v) is 6.10. The molecule has 29 heavy (non-hydrogen) atoms. The molecule has 0 saturated carbocycles. The Bertz CT molecular complexity index is 1390. The van der Waals surface area contributed by atoms with Crippen molar-refractivity contribution in [2.75, 3.05) is 7.11 Å². The zero-order chi connectivity index (χ0) is 20.1. The smallest absolute Gasteiger partial charge is 0.355 e. The van der Waals surface area contributed by atoms with Crippen LogP contribution in [0.1, 0.15) is 10.5 Å². The summed E-state index contributed by atoms with van der Waals surface area (Å²) in [5, 5.41) is 2.09. The number of halogens is 2. The maximum absolute atomic E-state index is 12.5. The molecule has 0 fully saturated rings. The van der Waals surface area contributed by atoms with Crippen molar-refractivity contribution in [3.05, 3.63) is 69.6 Å². The summed E-state index contributed by atoms with van der Waals surface area (Å²) >= 11 is 7.11. The van der Waals surface area contributed by atoms with Crippen LogP contribution in [-0.2, 0) is 4.74 Å². The quantitative estimate of drug-likeness (QED) is 0.237. The first-order valence-corrected chi connectivity index (χ1v) is 10.5. The zero-order valence-corrected chi connectivity index (χ0v) is 18.4. The number of aromatic nitrogens is 3. The van der Waals surface area contributed by atoms with Crippen LogP contribution >= 0.6 is 31.9 Å². The summed E-state index contributed by atoms with van der Waals surface area (Å²) in [5.41, 5.74) is 6.12. The van der Waals surface area contributed by atoms with E-state index in [1.807, 2.05) is 48.9 Å². The third kappa shape index (κ3) is 2.92. The minimum atomic E-state index is -0.406. The molecule has 0 radical (unpaired) electrons. The number of hydrogen-bond donors (Lipinski definition) is 3. The van der Waals surface area contributed by atoms with Gasteiger partial charge in [0, 0.05) is 71.6 Å². The van der Waals surface area contributed by atoms with Gasteiger partial charge in [0.1, 0.15) is 5.69 Å². The minimum Gasteiger partial charge on any atom is -0.464 e. The van der Waals surface area contributed by atoms with Crippen LogP contribution in [0.5, 0.6) is 0 Å². The van der Waals surface area contributed by atoms with Gasteiger partial charge in [-0.15, -0.1) is 0 Å². The number of fused-ring (bicyclic) bond motifs is 2. The number of aromatic amines is 3. The van der Waals surface area contributed by atoms with Gasteiger partial charge >= 0.3 is 5.97 Å². The molecule has 0 unspecified atom stereocenters. The van der Waals surface area contributed by atoms with E-state index in [-0.39, 0.29) is 0 Å². The van der Waals surface area contributed by atoms with Crippen LogP contribution in [0.25, 0.3) is 44.1 Å². The van der Waals surface area contributed by atoms with Crippen LogP contribution in [0.2, 0.25) is 0 Å². The molecule has 3 aromatic heterocycles. The lowest BCUT2D eigenvalue weighted by Crippen LogP contribution is -2.03. The topological polar surface area (TPSA) is 73.7 Å². The molecular formula is C22H15Br2N3O2. The molecule has 144 valence electrons. The van der Waals surface area contributed by atoms with E-state index in [1.165, 1.54) is 7.11 Å². The first-order valence-electron chi connectivity index (χ1n) is 8.90. The molecule has 0 aliphatic carbocycles. The van der Waals surface area contributed by atoms with E-state index >= 15 is 0 Å². The first-order chi connectivity index (χ1) is 14.1. The molecule has 0 bridgehead atoms. The summed E-state index contributed by atoms with van der Waals surface area (Å²) in [4.78, 5) is 22.3. The van der Waals surface area contributed by atoms with Crippen LogP contribution in [0.15, 0.2) is 63.9 Å². The molecule has 3 heterocycles. The highest BCUT2D eigenvalue weighted by atomic mass is 79.9. The molecule has 5 aromatic rings. The molecule has 0 atom stereocenters. The van der Waals surface area contributed by atoms with Gasteiger partial charge in [-0.05, 0) is 36.4 Å². The average molecular weight is 513 g/mol. The zero-order valence-electron chi connectivity index (χ0n) is 15.3. The highest BCUT2D eigenvalue weighted by Crippen LogP contribution is 2.42. The Labute approximate surface area is 182 Å². The largest absolute Gasteiger partial charge is 0.464 e. The molecule has 0 amide bonds. The van der Waals surface area contributed by atoms with Gasteiger partial charge < -0.3 is 19.7 Å². The normalized spacial score (nSPS) is 11.4. The predicted molar refractivity (Wildman–Crippen MR) is 122 cm³/mol. The number of benzene rings is 2. The maximum Gasteiger partial charge on any atom is 0.355 e. The molecule has 5 rings (SSSR count). The highest BCUT2D eigenvalue weighted by molar-refractivity contribution is 9.10. The Balaban J connectivity index is 1.84. The number of methoxy groups -OCH3 is 1. The van der Waals surface area contributed by atoms with Crippen molar-refractivity contribution in [3.8, 4) is 22.3 Å². The van der Waals surface area contributed by atoms with Gasteiger partial charge in [-0.2, -0.15) is 0 Å². The van der Waals surface area contributed by atoms with Crippen molar-refractivity contribution >= 4 is 59.6 Å². The summed E-state index contributed by atoms with van der Waals surface area (Å²) < 4.78 is 7.01. The van der Waals surface area contributed by atoms with Gasteiger partial charge in [0.15, 0.2) is 0 Å². The fourth-order valence-corrected chi connectivity index (χ4v) is 4.52. The second kappa shape index (κ2) is 6.93. The first kappa shape index (κ1) is 18.3. The molecule has 3 N–H and O–H groups in total. The Morgan fingerprint density at radius 3 is 1.97 bits per heavy atom. The van der Waals surface area contributed by atoms with Crippen LogP contribution in [0.3, 0.4) is 0 Å². The summed E-state index contributed by atoms with van der Waals surface area (Å²) in [6.07, 6.45) is 5.76. The van der Waals surface area contributed by atoms with E-state index in [2.05, 4.69) is 52.9 Å². The second-order valence-electron chi connectivity index (χ2n) is 6.73. The van der Waals surface area contributed by atoms with Crippen molar-refractivity contribution in [2.24, 2.45) is 0 Å². The van der Waals surface area contributed by atoms with E-state index in [9.17, 15) is 4.79 Å². The number of nitrogens with one attached hydrogen (secondary N) is 3. The van der Waals surface area contributed by atoms with E-state index < -0.39 is 5.97 Å². The summed E-state index contributed by atoms with van der Waals surface area (Å²) in [5.74, 6) is -0.406. The van der Waals surface area contributed by atoms with Gasteiger partial charge in [0.2, 0.25) is 0 Å². The van der Waals surface area contributed by atoms with Crippen molar-refractivity contribution in [1.82, 2.24) is 15.0 Å². The number of H-pyrrole nitrogens is 3. The Kier molecular flexibility index (Phi) is 4.37. The fourth-order valence-electron chi connectivity index (χ4n) is 3.79. The van der Waals surface area contributed by atoms with Gasteiger partial charge in [0.25, 0.3) is 0 Å². The van der Waals surface area contributed by atoms with Gasteiger partial charge in [-0.3, -0.25) is 0 Å². The number of ether oxygens (including phenoxy) is 1. The minimum absolute atomic E-state index is 0.406. The van der Waals surface area contributed by atoms with E-state index in [0.29, 0.717) is 5.69 Å². The van der Waals surface area contributed by atoms with Crippen LogP contribution < -0.4 is 0 Å². The molecule has 0 spiro atoms. The second-order valence-corrected chi connectivity index (χ2v) is 8.56. The Morgan fingerprint density at radius 1 is 0.793 bits per heavy atom. The Hall–Kier alpha value is -2.77. The van der Waals surface area contributed by atoms with Crippen molar-refractivity contribution in [3.63, 3.8) is 0 Å². The molecule has 0 aliphatic heterocycles. The molecular weight excluding hydrogens is 498 g/mol. The van der Waals surface area contributed by atoms with Crippen LogP contribution in [-0.4, -0.2) is 28.0 Å². The number of rotatable bonds is 3. The molecule has 0 aliphatic rings. The lowest BCUT2D eigenvalue weighted by molar-refractivity contribution is 0.0596. The van der Waals surface area contributed by atoms with Crippen LogP contribution in [0, 0.1) is 0 Å². The van der Waals surface area contributed by atoms with Gasteiger partial charge in [0.05, 0.1) is 7.11 Å². The average Bonchev–Trinajstić information content (AvgIpc) is 3.42. The van der Waals surface area contributed by atoms with E-state index in [0.717, 1.165) is 53.0 Å². The molecule has 2 aromatic carbocycles. The summed E-state index contributed by atoms with van der Waals surface area (Å²) in [6.45, 7) is 0. The standard InChI is InChI=1S/C22H15Br2N3O2/c1-29-22(28)21-20(16-9-26-19-5-3-12(24)7-14(16)19)17(10-27-21)15-8-25-18-4-2-11(23)6-13(15)18/h2-10,25-27H,1H3. The number of esters is 1. The van der Waals surface area contributed by atoms with E-state index in [4.69, 9.17) is 4.74 Å². The number of carbonyl (C=O) groups is 1. The molecule has 7 heteroatoms.